The second-order valence-corrected chi connectivity index (χ2v) is 5.05. The fourth-order valence-corrected chi connectivity index (χ4v) is 2.51. The lowest BCUT2D eigenvalue weighted by atomic mass is 10.0. The van der Waals surface area contributed by atoms with Crippen LogP contribution in [-0.2, 0) is 0 Å². The van der Waals surface area contributed by atoms with Gasteiger partial charge < -0.3 is 16.0 Å². The topological polar surface area (TPSA) is 71.2 Å². The first-order valence-corrected chi connectivity index (χ1v) is 6.93. The van der Waals surface area contributed by atoms with Gasteiger partial charge in [0.05, 0.1) is 0 Å². The molecule has 0 spiro atoms. The number of hydrogen-bond donors (Lipinski definition) is 2. The predicted molar refractivity (Wildman–Crippen MR) is 76.1 cm³/mol. The third-order valence-corrected chi connectivity index (χ3v) is 3.51. The third-order valence-electron chi connectivity index (χ3n) is 3.51. The highest BCUT2D eigenvalue weighted by Crippen LogP contribution is 2.17. The summed E-state index contributed by atoms with van der Waals surface area (Å²) in [5, 5.41) is 3.46. The van der Waals surface area contributed by atoms with Gasteiger partial charge in [0.15, 0.2) is 0 Å². The predicted octanol–water partition coefficient (Wildman–Crippen LogP) is 1.47. The van der Waals surface area contributed by atoms with E-state index in [9.17, 15) is 4.79 Å². The van der Waals surface area contributed by atoms with Crippen LogP contribution in [0.1, 0.15) is 36.7 Å². The van der Waals surface area contributed by atoms with Crippen molar-refractivity contribution in [2.24, 2.45) is 5.73 Å². The van der Waals surface area contributed by atoms with E-state index in [4.69, 9.17) is 5.73 Å². The Morgan fingerprint density at radius 2 is 2.26 bits per heavy atom. The summed E-state index contributed by atoms with van der Waals surface area (Å²) in [4.78, 5) is 17.5. The Morgan fingerprint density at radius 1 is 1.53 bits per heavy atom. The molecule has 3 N–H and O–H groups in total. The second-order valence-electron chi connectivity index (χ2n) is 5.05. The summed E-state index contributed by atoms with van der Waals surface area (Å²) in [6.07, 6.45) is 5.10. The number of carbonyl (C=O) groups excluding carboxylic acids is 1. The molecule has 1 amide bonds. The molecule has 0 aromatic carbocycles. The lowest BCUT2D eigenvalue weighted by Gasteiger charge is -2.32. The van der Waals surface area contributed by atoms with Crippen LogP contribution >= 0.6 is 0 Å². The van der Waals surface area contributed by atoms with E-state index in [2.05, 4.69) is 22.1 Å². The van der Waals surface area contributed by atoms with Gasteiger partial charge in [-0.2, -0.15) is 0 Å². The number of piperidine rings is 1. The summed E-state index contributed by atoms with van der Waals surface area (Å²) < 4.78 is 0. The maximum Gasteiger partial charge on any atom is 0.267 e. The van der Waals surface area contributed by atoms with E-state index in [-0.39, 0.29) is 0 Å². The maximum absolute atomic E-state index is 11.1. The largest absolute Gasteiger partial charge is 0.382 e. The second kappa shape index (κ2) is 6.52. The number of nitrogens with zero attached hydrogens (tertiary/aromatic N) is 2. The van der Waals surface area contributed by atoms with Crippen LogP contribution in [0.2, 0.25) is 0 Å². The first kappa shape index (κ1) is 13.8. The summed E-state index contributed by atoms with van der Waals surface area (Å²) >= 11 is 0. The van der Waals surface area contributed by atoms with Crippen LogP contribution in [-0.4, -0.2) is 41.5 Å². The van der Waals surface area contributed by atoms with Gasteiger partial charge in [0.2, 0.25) is 0 Å². The van der Waals surface area contributed by atoms with E-state index >= 15 is 0 Å². The fourth-order valence-electron chi connectivity index (χ4n) is 2.51. The number of anilines is 1. The Morgan fingerprint density at radius 3 is 2.89 bits per heavy atom. The number of rotatable bonds is 5. The number of hydrogen-bond acceptors (Lipinski definition) is 4. The van der Waals surface area contributed by atoms with Crippen LogP contribution in [0, 0.1) is 0 Å². The Labute approximate surface area is 114 Å². The molecule has 5 nitrogen and oxygen atoms in total. The van der Waals surface area contributed by atoms with Gasteiger partial charge in [-0.25, -0.2) is 0 Å². The van der Waals surface area contributed by atoms with E-state index in [1.165, 1.54) is 13.0 Å². The molecule has 1 saturated heterocycles. The van der Waals surface area contributed by atoms with Crippen molar-refractivity contribution in [3.05, 3.63) is 24.0 Å². The van der Waals surface area contributed by atoms with Crippen molar-refractivity contribution >= 4 is 11.6 Å². The summed E-state index contributed by atoms with van der Waals surface area (Å²) in [5.41, 5.74) is 6.47. The molecule has 2 heterocycles. The molecule has 104 valence electrons. The molecule has 1 aliphatic rings. The highest BCUT2D eigenvalue weighted by atomic mass is 16.1. The van der Waals surface area contributed by atoms with Gasteiger partial charge in [-0.05, 0) is 37.9 Å². The minimum atomic E-state index is -0.485. The van der Waals surface area contributed by atoms with Crippen LogP contribution in [0.25, 0.3) is 0 Å². The molecule has 19 heavy (non-hydrogen) atoms. The molecule has 1 aliphatic heterocycles. The molecule has 0 unspecified atom stereocenters. The molecule has 0 aliphatic carbocycles. The number of pyridine rings is 1. The monoisotopic (exact) mass is 262 g/mol. The Balaban J connectivity index is 1.88. The molecule has 0 saturated carbocycles. The van der Waals surface area contributed by atoms with Gasteiger partial charge in [0, 0.05) is 31.0 Å². The fraction of sp³-hybridized carbons (Fsp3) is 0.571. The van der Waals surface area contributed by atoms with Crippen LogP contribution < -0.4 is 11.1 Å². The van der Waals surface area contributed by atoms with Crippen LogP contribution in [0.4, 0.5) is 5.69 Å². The Hall–Kier alpha value is -1.62. The zero-order valence-electron chi connectivity index (χ0n) is 11.4. The van der Waals surface area contributed by atoms with Crippen molar-refractivity contribution in [1.82, 2.24) is 9.88 Å². The Kier molecular flexibility index (Phi) is 4.74. The lowest BCUT2D eigenvalue weighted by molar-refractivity contribution is 0.0995. The number of likely N-dealkylation sites (tertiary alicyclic amines) is 1. The third kappa shape index (κ3) is 3.92. The van der Waals surface area contributed by atoms with E-state index in [0.29, 0.717) is 11.7 Å². The van der Waals surface area contributed by atoms with Crippen molar-refractivity contribution < 1.29 is 4.79 Å². The van der Waals surface area contributed by atoms with Gasteiger partial charge in [-0.1, -0.05) is 6.92 Å². The molecular formula is C14H22N4O. The van der Waals surface area contributed by atoms with E-state index in [1.807, 2.05) is 6.07 Å². The standard InChI is InChI=1S/C14H22N4O/c1-2-7-18-8-4-11(5-9-18)17-12-3-6-16-13(10-12)14(15)19/h3,6,10-11H,2,4-5,7-9H2,1H3,(H2,15,19)(H,16,17). The van der Waals surface area contributed by atoms with Crippen molar-refractivity contribution in [3.8, 4) is 0 Å². The van der Waals surface area contributed by atoms with Crippen molar-refractivity contribution in [2.45, 2.75) is 32.2 Å². The molecule has 1 aromatic heterocycles. The number of amides is 1. The van der Waals surface area contributed by atoms with Crippen molar-refractivity contribution in [3.63, 3.8) is 0 Å². The molecule has 1 fully saturated rings. The summed E-state index contributed by atoms with van der Waals surface area (Å²) in [5.74, 6) is -0.485. The van der Waals surface area contributed by atoms with Gasteiger partial charge in [-0.15, -0.1) is 0 Å². The number of nitrogens with one attached hydrogen (secondary N) is 1. The minimum absolute atomic E-state index is 0.313. The van der Waals surface area contributed by atoms with Gasteiger partial charge in [0.1, 0.15) is 5.69 Å². The minimum Gasteiger partial charge on any atom is -0.382 e. The lowest BCUT2D eigenvalue weighted by Crippen LogP contribution is -2.39. The highest BCUT2D eigenvalue weighted by Gasteiger charge is 2.18. The normalized spacial score (nSPS) is 17.3. The Bertz CT molecular complexity index is 427. The first-order valence-electron chi connectivity index (χ1n) is 6.93. The summed E-state index contributed by atoms with van der Waals surface area (Å²) in [7, 11) is 0. The van der Waals surface area contributed by atoms with E-state index in [1.54, 1.807) is 12.3 Å². The van der Waals surface area contributed by atoms with E-state index in [0.717, 1.165) is 31.6 Å². The molecule has 0 atom stereocenters. The molecule has 0 radical (unpaired) electrons. The number of carbonyl (C=O) groups is 1. The average Bonchev–Trinajstić information content (AvgIpc) is 2.42. The smallest absolute Gasteiger partial charge is 0.267 e. The van der Waals surface area contributed by atoms with Gasteiger partial charge in [-0.3, -0.25) is 9.78 Å². The van der Waals surface area contributed by atoms with Crippen LogP contribution in [0.3, 0.4) is 0 Å². The quantitative estimate of drug-likeness (QED) is 0.843. The zero-order chi connectivity index (χ0) is 13.7. The SMILES string of the molecule is CCCN1CCC(Nc2ccnc(C(N)=O)c2)CC1. The van der Waals surface area contributed by atoms with E-state index < -0.39 is 5.91 Å². The molecule has 1 aromatic rings. The number of primary amides is 1. The average molecular weight is 262 g/mol. The molecular weight excluding hydrogens is 240 g/mol. The van der Waals surface area contributed by atoms with Crippen LogP contribution in [0.5, 0.6) is 0 Å². The zero-order valence-corrected chi connectivity index (χ0v) is 11.4. The highest BCUT2D eigenvalue weighted by molar-refractivity contribution is 5.91. The molecule has 2 rings (SSSR count). The molecule has 0 bridgehead atoms. The van der Waals surface area contributed by atoms with Gasteiger partial charge >= 0.3 is 0 Å². The molecule has 5 heteroatoms. The first-order chi connectivity index (χ1) is 9.19. The van der Waals surface area contributed by atoms with Crippen molar-refractivity contribution in [2.75, 3.05) is 25.0 Å². The van der Waals surface area contributed by atoms with Gasteiger partial charge in [0.25, 0.3) is 5.91 Å². The maximum atomic E-state index is 11.1. The number of aromatic nitrogens is 1. The number of nitrogens with two attached hydrogens (primary N) is 1. The summed E-state index contributed by atoms with van der Waals surface area (Å²) in [6, 6.07) is 4.07. The van der Waals surface area contributed by atoms with Crippen LogP contribution in [0.15, 0.2) is 18.3 Å². The summed E-state index contributed by atoms with van der Waals surface area (Å²) in [6.45, 7) is 5.68. The van der Waals surface area contributed by atoms with Crippen molar-refractivity contribution in [1.29, 1.82) is 0 Å².